The van der Waals surface area contributed by atoms with Crippen LogP contribution >= 0.6 is 0 Å². The topological polar surface area (TPSA) is 52.6 Å². The third-order valence-electron chi connectivity index (χ3n) is 3.42. The molecule has 0 aromatic heterocycles. The lowest BCUT2D eigenvalue weighted by Crippen LogP contribution is -2.19. The van der Waals surface area contributed by atoms with Crippen molar-refractivity contribution in [2.45, 2.75) is 32.8 Å². The van der Waals surface area contributed by atoms with E-state index in [0.717, 1.165) is 18.6 Å². The van der Waals surface area contributed by atoms with Crippen LogP contribution in [0.15, 0.2) is 42.5 Å². The Morgan fingerprint density at radius 3 is 2.12 bits per heavy atom. The third kappa shape index (κ3) is 5.11. The van der Waals surface area contributed by atoms with E-state index in [4.69, 9.17) is 9.47 Å². The molecule has 0 spiro atoms. The van der Waals surface area contributed by atoms with Crippen LogP contribution in [0, 0.1) is 11.6 Å². The Labute approximate surface area is 144 Å². The molecule has 2 aromatic rings. The van der Waals surface area contributed by atoms with Crippen LogP contribution in [0.4, 0.5) is 8.78 Å². The fraction of sp³-hybridized carbons (Fsp3) is 0.263. The largest absolute Gasteiger partial charge is 0.459 e. The highest BCUT2D eigenvalue weighted by Crippen LogP contribution is 2.19. The van der Waals surface area contributed by atoms with Gasteiger partial charge in [0.2, 0.25) is 0 Å². The first-order valence-electron chi connectivity index (χ1n) is 7.89. The van der Waals surface area contributed by atoms with Gasteiger partial charge in [0, 0.05) is 18.2 Å². The van der Waals surface area contributed by atoms with Crippen LogP contribution in [0.25, 0.3) is 0 Å². The van der Waals surface area contributed by atoms with Crippen LogP contribution in [0.2, 0.25) is 0 Å². The molecule has 4 nitrogen and oxygen atoms in total. The Balaban J connectivity index is 2.21. The maximum atomic E-state index is 13.2. The van der Waals surface area contributed by atoms with Crippen LogP contribution in [-0.4, -0.2) is 18.0 Å². The first-order chi connectivity index (χ1) is 11.9. The summed E-state index contributed by atoms with van der Waals surface area (Å²) in [4.78, 5) is 24.6. The van der Waals surface area contributed by atoms with Gasteiger partial charge in [-0.15, -0.1) is 0 Å². The zero-order valence-corrected chi connectivity index (χ0v) is 13.9. The number of ether oxygens (including phenoxy) is 2. The summed E-state index contributed by atoms with van der Waals surface area (Å²) in [7, 11) is 0. The van der Waals surface area contributed by atoms with Crippen molar-refractivity contribution in [3.05, 3.63) is 65.2 Å². The fourth-order valence-electron chi connectivity index (χ4n) is 2.30. The lowest BCUT2D eigenvalue weighted by molar-refractivity contribution is 0.0318. The van der Waals surface area contributed by atoms with Crippen LogP contribution in [0.1, 0.15) is 47.4 Å². The maximum Gasteiger partial charge on any atom is 0.344 e. The summed E-state index contributed by atoms with van der Waals surface area (Å²) in [6.07, 6.45) is 1.25. The summed E-state index contributed by atoms with van der Waals surface area (Å²) in [5.74, 6) is -3.59. The monoisotopic (exact) mass is 348 g/mol. The highest BCUT2D eigenvalue weighted by Gasteiger charge is 2.21. The van der Waals surface area contributed by atoms with Gasteiger partial charge in [0.15, 0.2) is 0 Å². The molecule has 0 saturated heterocycles. The highest BCUT2D eigenvalue weighted by molar-refractivity contribution is 6.03. The SMILES string of the molecule is CCCC(C)OC(=O)c1ccccc1C(=O)Oc1cc(F)cc(F)c1. The number of hydrogen-bond acceptors (Lipinski definition) is 4. The minimum atomic E-state index is -0.902. The van der Waals surface area contributed by atoms with Gasteiger partial charge in [-0.3, -0.25) is 0 Å². The van der Waals surface area contributed by atoms with E-state index in [1.54, 1.807) is 19.1 Å². The molecule has 132 valence electrons. The Bertz CT molecular complexity index is 754. The first-order valence-corrected chi connectivity index (χ1v) is 7.89. The summed E-state index contributed by atoms with van der Waals surface area (Å²) < 4.78 is 36.7. The van der Waals surface area contributed by atoms with Crippen LogP contribution in [0.3, 0.4) is 0 Å². The summed E-state index contributed by atoms with van der Waals surface area (Å²) in [5.41, 5.74) is -0.00630. The predicted octanol–water partition coefficient (Wildman–Crippen LogP) is 4.53. The number of benzene rings is 2. The average molecular weight is 348 g/mol. The van der Waals surface area contributed by atoms with Crippen LogP contribution in [0.5, 0.6) is 5.75 Å². The molecule has 0 N–H and O–H groups in total. The molecule has 1 unspecified atom stereocenters. The smallest absolute Gasteiger partial charge is 0.344 e. The fourth-order valence-corrected chi connectivity index (χ4v) is 2.30. The summed E-state index contributed by atoms with van der Waals surface area (Å²) >= 11 is 0. The lowest BCUT2D eigenvalue weighted by atomic mass is 10.1. The van der Waals surface area contributed by atoms with Crippen molar-refractivity contribution in [1.29, 1.82) is 0 Å². The van der Waals surface area contributed by atoms with E-state index in [2.05, 4.69) is 0 Å². The summed E-state index contributed by atoms with van der Waals surface area (Å²) in [5, 5.41) is 0. The second-order valence-corrected chi connectivity index (χ2v) is 5.54. The van der Waals surface area contributed by atoms with Crippen LogP contribution < -0.4 is 4.74 Å². The standard InChI is InChI=1S/C19H18F2O4/c1-3-6-12(2)24-18(22)16-7-4-5-8-17(16)19(23)25-15-10-13(20)9-14(21)11-15/h4-5,7-12H,3,6H2,1-2H3. The molecule has 0 aliphatic heterocycles. The molecule has 25 heavy (non-hydrogen) atoms. The van der Waals surface area contributed by atoms with Crippen molar-refractivity contribution in [2.75, 3.05) is 0 Å². The van der Waals surface area contributed by atoms with Gasteiger partial charge >= 0.3 is 11.9 Å². The minimum Gasteiger partial charge on any atom is -0.459 e. The first kappa shape index (κ1) is 18.6. The number of hydrogen-bond donors (Lipinski definition) is 0. The molecule has 2 aromatic carbocycles. The lowest BCUT2D eigenvalue weighted by Gasteiger charge is -2.14. The van der Waals surface area contributed by atoms with Gasteiger partial charge in [-0.25, -0.2) is 18.4 Å². The van der Waals surface area contributed by atoms with Gasteiger partial charge in [0.1, 0.15) is 17.4 Å². The van der Waals surface area contributed by atoms with Gasteiger partial charge in [0.05, 0.1) is 17.2 Å². The third-order valence-corrected chi connectivity index (χ3v) is 3.42. The van der Waals surface area contributed by atoms with Gasteiger partial charge in [-0.2, -0.15) is 0 Å². The van der Waals surface area contributed by atoms with Crippen molar-refractivity contribution in [3.8, 4) is 5.75 Å². The molecule has 0 saturated carbocycles. The molecule has 6 heteroatoms. The number of carbonyl (C=O) groups is 2. The molecule has 0 aliphatic carbocycles. The second kappa shape index (κ2) is 8.37. The van der Waals surface area contributed by atoms with Crippen molar-refractivity contribution in [2.24, 2.45) is 0 Å². The zero-order chi connectivity index (χ0) is 18.4. The summed E-state index contributed by atoms with van der Waals surface area (Å²) in [6, 6.07) is 8.38. The predicted molar refractivity (Wildman–Crippen MR) is 87.5 cm³/mol. The molecular formula is C19H18F2O4. The Hall–Kier alpha value is -2.76. The second-order valence-electron chi connectivity index (χ2n) is 5.54. The van der Waals surface area contributed by atoms with Crippen molar-refractivity contribution in [1.82, 2.24) is 0 Å². The number of esters is 2. The van der Waals surface area contributed by atoms with E-state index in [0.29, 0.717) is 12.5 Å². The Morgan fingerprint density at radius 2 is 1.56 bits per heavy atom. The maximum absolute atomic E-state index is 13.2. The normalized spacial score (nSPS) is 11.7. The van der Waals surface area contributed by atoms with Gasteiger partial charge in [-0.1, -0.05) is 25.5 Å². The minimum absolute atomic E-state index is 0.0346. The van der Waals surface area contributed by atoms with Crippen LogP contribution in [-0.2, 0) is 4.74 Å². The van der Waals surface area contributed by atoms with Crippen molar-refractivity contribution < 1.29 is 27.8 Å². The molecule has 1 atom stereocenters. The molecule has 0 heterocycles. The van der Waals surface area contributed by atoms with E-state index in [1.807, 2.05) is 6.92 Å². The molecular weight excluding hydrogens is 330 g/mol. The Kier molecular flexibility index (Phi) is 6.22. The van der Waals surface area contributed by atoms with E-state index in [-0.39, 0.29) is 23.0 Å². The number of halogens is 2. The summed E-state index contributed by atoms with van der Waals surface area (Å²) in [6.45, 7) is 3.73. The van der Waals surface area contributed by atoms with Gasteiger partial charge < -0.3 is 9.47 Å². The van der Waals surface area contributed by atoms with E-state index in [9.17, 15) is 18.4 Å². The molecule has 0 radical (unpaired) electrons. The Morgan fingerprint density at radius 1 is 1.00 bits per heavy atom. The molecule has 2 rings (SSSR count). The quantitative estimate of drug-likeness (QED) is 0.568. The number of carbonyl (C=O) groups excluding carboxylic acids is 2. The molecule has 0 fully saturated rings. The van der Waals surface area contributed by atoms with E-state index >= 15 is 0 Å². The molecule has 0 aliphatic rings. The number of rotatable bonds is 6. The highest BCUT2D eigenvalue weighted by atomic mass is 19.1. The average Bonchev–Trinajstić information content (AvgIpc) is 2.54. The molecule has 0 amide bonds. The molecule has 0 bridgehead atoms. The van der Waals surface area contributed by atoms with E-state index < -0.39 is 23.6 Å². The van der Waals surface area contributed by atoms with Crippen molar-refractivity contribution >= 4 is 11.9 Å². The van der Waals surface area contributed by atoms with E-state index in [1.165, 1.54) is 12.1 Å². The van der Waals surface area contributed by atoms with Crippen molar-refractivity contribution in [3.63, 3.8) is 0 Å². The van der Waals surface area contributed by atoms with Gasteiger partial charge in [-0.05, 0) is 25.5 Å². The van der Waals surface area contributed by atoms with Gasteiger partial charge in [0.25, 0.3) is 0 Å². The zero-order valence-electron chi connectivity index (χ0n) is 13.9.